The number of carbonyl (C=O) groups is 1. The van der Waals surface area contributed by atoms with E-state index in [1.165, 1.54) is 12.1 Å². The molecule has 0 bridgehead atoms. The van der Waals surface area contributed by atoms with E-state index in [0.717, 1.165) is 5.56 Å². The number of aliphatic hydroxyl groups is 4. The Labute approximate surface area is 127 Å². The molecular weight excluding hydrogens is 292 g/mol. The van der Waals surface area contributed by atoms with Gasteiger partial charge in [0.25, 0.3) is 0 Å². The molecule has 1 aromatic carbocycles. The molecule has 7 nitrogen and oxygen atoms in total. The Morgan fingerprint density at radius 3 is 2.41 bits per heavy atom. The van der Waals surface area contributed by atoms with Gasteiger partial charge in [-0.2, -0.15) is 0 Å². The lowest BCUT2D eigenvalue weighted by Gasteiger charge is -2.39. The zero-order chi connectivity index (χ0) is 16.3. The van der Waals surface area contributed by atoms with E-state index < -0.39 is 43.3 Å². The van der Waals surface area contributed by atoms with Gasteiger partial charge in [0.15, 0.2) is 12.4 Å². The molecule has 2 rings (SSSR count). The number of esters is 1. The smallest absolute Gasteiger partial charge is 0.338 e. The van der Waals surface area contributed by atoms with Gasteiger partial charge in [-0.15, -0.1) is 0 Å². The van der Waals surface area contributed by atoms with E-state index in [1.807, 2.05) is 0 Å². The molecule has 0 amide bonds. The summed E-state index contributed by atoms with van der Waals surface area (Å²) in [6.07, 6.45) is -5.69. The SMILES string of the molecule is C=Cc1ccc(C(=O)O[C@@H]2[C@@H](O)[C@H](O)O[C@H](CO)[C@H]2O)cc1. The number of carbonyl (C=O) groups excluding carboxylic acids is 1. The molecule has 5 atom stereocenters. The van der Waals surface area contributed by atoms with Crippen LogP contribution in [0, 0.1) is 0 Å². The predicted molar refractivity (Wildman–Crippen MR) is 75.7 cm³/mol. The highest BCUT2D eigenvalue weighted by atomic mass is 16.7. The lowest BCUT2D eigenvalue weighted by Crippen LogP contribution is -2.59. The van der Waals surface area contributed by atoms with Crippen LogP contribution in [0.25, 0.3) is 6.08 Å². The van der Waals surface area contributed by atoms with Crippen LogP contribution in [0.2, 0.25) is 0 Å². The number of hydrogen-bond donors (Lipinski definition) is 4. The summed E-state index contributed by atoms with van der Waals surface area (Å²) in [6.45, 7) is 3.01. The monoisotopic (exact) mass is 310 g/mol. The van der Waals surface area contributed by atoms with Crippen molar-refractivity contribution in [1.82, 2.24) is 0 Å². The zero-order valence-corrected chi connectivity index (χ0v) is 11.7. The summed E-state index contributed by atoms with van der Waals surface area (Å²) in [5.41, 5.74) is 1.03. The van der Waals surface area contributed by atoms with E-state index in [2.05, 4.69) is 6.58 Å². The number of aliphatic hydroxyl groups excluding tert-OH is 4. The van der Waals surface area contributed by atoms with E-state index in [4.69, 9.17) is 14.6 Å². The van der Waals surface area contributed by atoms with E-state index in [9.17, 15) is 20.1 Å². The predicted octanol–water partition coefficient (Wildman–Crippen LogP) is -0.714. The lowest BCUT2D eigenvalue weighted by atomic mass is 9.99. The number of ether oxygens (including phenoxy) is 2. The highest BCUT2D eigenvalue weighted by molar-refractivity contribution is 5.89. The molecule has 0 unspecified atom stereocenters. The first kappa shape index (κ1) is 16.6. The summed E-state index contributed by atoms with van der Waals surface area (Å²) in [5.74, 6) is -0.774. The van der Waals surface area contributed by atoms with E-state index in [-0.39, 0.29) is 5.56 Å². The fraction of sp³-hybridized carbons (Fsp3) is 0.400. The van der Waals surface area contributed by atoms with Gasteiger partial charge in [-0.25, -0.2) is 4.79 Å². The standard InChI is InChI=1S/C15H18O7/c1-2-8-3-5-9(6-4-8)14(19)22-13-11(17)10(7-16)21-15(20)12(13)18/h2-6,10-13,15-18,20H,1,7H2/t10-,11-,12-,13+,15-/m1/s1. The van der Waals surface area contributed by atoms with Gasteiger partial charge in [-0.1, -0.05) is 24.8 Å². The molecule has 1 heterocycles. The van der Waals surface area contributed by atoms with Gasteiger partial charge in [0.05, 0.1) is 12.2 Å². The lowest BCUT2D eigenvalue weighted by molar-refractivity contribution is -0.285. The quantitative estimate of drug-likeness (QED) is 0.543. The highest BCUT2D eigenvalue weighted by Gasteiger charge is 2.46. The minimum absolute atomic E-state index is 0.214. The maximum absolute atomic E-state index is 12.1. The normalized spacial score (nSPS) is 31.5. The fourth-order valence-corrected chi connectivity index (χ4v) is 2.15. The van der Waals surface area contributed by atoms with Gasteiger partial charge in [-0.05, 0) is 17.7 Å². The van der Waals surface area contributed by atoms with Crippen LogP contribution in [0.15, 0.2) is 30.8 Å². The van der Waals surface area contributed by atoms with Gasteiger partial charge in [-0.3, -0.25) is 0 Å². The summed E-state index contributed by atoms with van der Waals surface area (Å²) >= 11 is 0. The molecule has 4 N–H and O–H groups in total. The second-order valence-corrected chi connectivity index (χ2v) is 4.92. The first-order valence-corrected chi connectivity index (χ1v) is 6.72. The molecular formula is C15H18O7. The first-order chi connectivity index (χ1) is 10.5. The van der Waals surface area contributed by atoms with Crippen LogP contribution in [0.1, 0.15) is 15.9 Å². The summed E-state index contributed by atoms with van der Waals surface area (Å²) in [4.78, 5) is 12.1. The maximum atomic E-state index is 12.1. The summed E-state index contributed by atoms with van der Waals surface area (Å²) < 4.78 is 9.87. The Hall–Kier alpha value is -1.77. The Morgan fingerprint density at radius 1 is 1.23 bits per heavy atom. The Bertz CT molecular complexity index is 527. The molecule has 1 aliphatic rings. The van der Waals surface area contributed by atoms with Crippen molar-refractivity contribution in [2.24, 2.45) is 0 Å². The van der Waals surface area contributed by atoms with Crippen molar-refractivity contribution in [1.29, 1.82) is 0 Å². The van der Waals surface area contributed by atoms with E-state index >= 15 is 0 Å². The third-order valence-corrected chi connectivity index (χ3v) is 3.47. The van der Waals surface area contributed by atoms with Gasteiger partial charge < -0.3 is 29.9 Å². The summed E-state index contributed by atoms with van der Waals surface area (Å²) in [5, 5.41) is 38.3. The minimum atomic E-state index is -1.67. The van der Waals surface area contributed by atoms with Crippen LogP contribution in [0.5, 0.6) is 0 Å². The molecule has 0 radical (unpaired) electrons. The van der Waals surface area contributed by atoms with Gasteiger partial charge in [0.1, 0.15) is 18.3 Å². The molecule has 1 fully saturated rings. The van der Waals surface area contributed by atoms with Crippen molar-refractivity contribution in [2.45, 2.75) is 30.7 Å². The van der Waals surface area contributed by atoms with Crippen molar-refractivity contribution in [3.63, 3.8) is 0 Å². The van der Waals surface area contributed by atoms with Crippen molar-refractivity contribution < 1.29 is 34.7 Å². The Morgan fingerprint density at radius 2 is 1.86 bits per heavy atom. The molecule has 1 aromatic rings. The second kappa shape index (κ2) is 6.99. The second-order valence-electron chi connectivity index (χ2n) is 4.92. The van der Waals surface area contributed by atoms with Crippen molar-refractivity contribution in [2.75, 3.05) is 6.61 Å². The third kappa shape index (κ3) is 3.34. The molecule has 22 heavy (non-hydrogen) atoms. The topological polar surface area (TPSA) is 116 Å². The number of hydrogen-bond acceptors (Lipinski definition) is 7. The van der Waals surface area contributed by atoms with Crippen LogP contribution in [-0.2, 0) is 9.47 Å². The molecule has 0 saturated carbocycles. The van der Waals surface area contributed by atoms with Gasteiger partial charge in [0, 0.05) is 0 Å². The molecule has 0 aromatic heterocycles. The van der Waals surface area contributed by atoms with Crippen molar-refractivity contribution >= 4 is 12.0 Å². The third-order valence-electron chi connectivity index (χ3n) is 3.47. The van der Waals surface area contributed by atoms with E-state index in [1.54, 1.807) is 18.2 Å². The largest absolute Gasteiger partial charge is 0.453 e. The zero-order valence-electron chi connectivity index (χ0n) is 11.7. The van der Waals surface area contributed by atoms with Crippen LogP contribution in [0.4, 0.5) is 0 Å². The molecule has 1 saturated heterocycles. The highest BCUT2D eigenvalue weighted by Crippen LogP contribution is 2.23. The van der Waals surface area contributed by atoms with Crippen molar-refractivity contribution in [3.8, 4) is 0 Å². The Balaban J connectivity index is 2.12. The van der Waals surface area contributed by atoms with E-state index in [0.29, 0.717) is 0 Å². The van der Waals surface area contributed by atoms with Crippen molar-refractivity contribution in [3.05, 3.63) is 42.0 Å². The average molecular weight is 310 g/mol. The van der Waals surface area contributed by atoms with Gasteiger partial charge in [0.2, 0.25) is 0 Å². The maximum Gasteiger partial charge on any atom is 0.338 e. The van der Waals surface area contributed by atoms with Crippen LogP contribution in [0.3, 0.4) is 0 Å². The minimum Gasteiger partial charge on any atom is -0.453 e. The van der Waals surface area contributed by atoms with Gasteiger partial charge >= 0.3 is 5.97 Å². The molecule has 1 aliphatic heterocycles. The van der Waals surface area contributed by atoms with Crippen LogP contribution < -0.4 is 0 Å². The fourth-order valence-electron chi connectivity index (χ4n) is 2.15. The molecule has 0 aliphatic carbocycles. The number of benzene rings is 1. The Kier molecular flexibility index (Phi) is 5.28. The van der Waals surface area contributed by atoms with Crippen LogP contribution in [-0.4, -0.2) is 63.7 Å². The summed E-state index contributed by atoms with van der Waals surface area (Å²) in [6, 6.07) is 6.34. The number of rotatable bonds is 4. The molecule has 120 valence electrons. The molecule has 0 spiro atoms. The molecule has 7 heteroatoms. The first-order valence-electron chi connectivity index (χ1n) is 6.72. The average Bonchev–Trinajstić information content (AvgIpc) is 2.54. The summed E-state index contributed by atoms with van der Waals surface area (Å²) in [7, 11) is 0. The van der Waals surface area contributed by atoms with Crippen LogP contribution >= 0.6 is 0 Å².